The van der Waals surface area contributed by atoms with Crippen LogP contribution >= 0.6 is 0 Å². The van der Waals surface area contributed by atoms with E-state index in [-0.39, 0.29) is 28.8 Å². The van der Waals surface area contributed by atoms with Crippen molar-refractivity contribution in [3.05, 3.63) is 63.1 Å². The van der Waals surface area contributed by atoms with Crippen LogP contribution in [0, 0.1) is 13.8 Å². The zero-order valence-electron chi connectivity index (χ0n) is 15.5. The van der Waals surface area contributed by atoms with Crippen molar-refractivity contribution in [1.82, 2.24) is 4.57 Å². The molecule has 27 heavy (non-hydrogen) atoms. The van der Waals surface area contributed by atoms with Gasteiger partial charge in [-0.2, -0.15) is 0 Å². The van der Waals surface area contributed by atoms with E-state index in [0.29, 0.717) is 11.4 Å². The van der Waals surface area contributed by atoms with Crippen molar-refractivity contribution in [1.29, 1.82) is 0 Å². The molecule has 0 bridgehead atoms. The first-order valence-corrected chi connectivity index (χ1v) is 8.05. The van der Waals surface area contributed by atoms with Crippen molar-refractivity contribution in [2.45, 2.75) is 20.4 Å². The standard InChI is InChI=1S/C19H20N2O6/c1-11-7-14(22)8-12(2)21(11)10-17(23)20-16-9-13(18(24)26-3)5-6-15(16)19(25)27-4/h5-9H,10H2,1-4H3,(H,20,23). The van der Waals surface area contributed by atoms with Gasteiger partial charge in [-0.15, -0.1) is 0 Å². The summed E-state index contributed by atoms with van der Waals surface area (Å²) in [5, 5.41) is 2.62. The number of methoxy groups -OCH3 is 2. The van der Waals surface area contributed by atoms with Crippen LogP contribution in [0.2, 0.25) is 0 Å². The number of nitrogens with one attached hydrogen (secondary N) is 1. The molecule has 1 heterocycles. The first-order chi connectivity index (χ1) is 12.8. The maximum absolute atomic E-state index is 12.5. The van der Waals surface area contributed by atoms with Crippen molar-refractivity contribution >= 4 is 23.5 Å². The maximum Gasteiger partial charge on any atom is 0.339 e. The highest BCUT2D eigenvalue weighted by atomic mass is 16.5. The van der Waals surface area contributed by atoms with Crippen molar-refractivity contribution in [3.8, 4) is 0 Å². The molecule has 142 valence electrons. The number of aryl methyl sites for hydroxylation is 2. The number of benzene rings is 1. The van der Waals surface area contributed by atoms with E-state index in [1.165, 1.54) is 44.6 Å². The molecule has 2 aromatic rings. The average Bonchev–Trinajstić information content (AvgIpc) is 2.63. The first-order valence-electron chi connectivity index (χ1n) is 8.05. The predicted molar refractivity (Wildman–Crippen MR) is 97.9 cm³/mol. The lowest BCUT2D eigenvalue weighted by Gasteiger charge is -2.15. The minimum Gasteiger partial charge on any atom is -0.465 e. The summed E-state index contributed by atoms with van der Waals surface area (Å²) >= 11 is 0. The molecule has 1 N–H and O–H groups in total. The van der Waals surface area contributed by atoms with E-state index in [0.717, 1.165) is 0 Å². The van der Waals surface area contributed by atoms with E-state index in [1.54, 1.807) is 18.4 Å². The molecule has 0 radical (unpaired) electrons. The molecule has 1 amide bonds. The topological polar surface area (TPSA) is 104 Å². The molecular weight excluding hydrogens is 352 g/mol. The minimum absolute atomic E-state index is 0.0684. The average molecular weight is 372 g/mol. The molecule has 1 aromatic carbocycles. The Morgan fingerprint density at radius 3 is 2.11 bits per heavy atom. The van der Waals surface area contributed by atoms with Crippen molar-refractivity contribution in [2.24, 2.45) is 0 Å². The minimum atomic E-state index is -0.655. The van der Waals surface area contributed by atoms with Gasteiger partial charge in [-0.05, 0) is 32.0 Å². The Labute approximate surface area is 155 Å². The van der Waals surface area contributed by atoms with Gasteiger partial charge in [0.1, 0.15) is 6.54 Å². The molecule has 2 rings (SSSR count). The molecule has 8 heteroatoms. The molecule has 0 aliphatic carbocycles. The van der Waals surface area contributed by atoms with Gasteiger partial charge in [0.05, 0.1) is 31.0 Å². The highest BCUT2D eigenvalue weighted by Gasteiger charge is 2.18. The van der Waals surface area contributed by atoms with Crippen LogP contribution in [0.1, 0.15) is 32.1 Å². The van der Waals surface area contributed by atoms with Crippen molar-refractivity contribution in [2.75, 3.05) is 19.5 Å². The number of rotatable bonds is 5. The van der Waals surface area contributed by atoms with Gasteiger partial charge in [0.2, 0.25) is 5.91 Å². The second-order valence-corrected chi connectivity index (χ2v) is 5.85. The molecule has 0 saturated carbocycles. The molecule has 0 unspecified atom stereocenters. The molecule has 0 saturated heterocycles. The third kappa shape index (κ3) is 4.60. The van der Waals surface area contributed by atoms with Gasteiger partial charge in [0.25, 0.3) is 0 Å². The van der Waals surface area contributed by atoms with Gasteiger partial charge in [-0.1, -0.05) is 0 Å². The van der Waals surface area contributed by atoms with Gasteiger partial charge >= 0.3 is 11.9 Å². The second kappa shape index (κ2) is 8.31. The lowest BCUT2D eigenvalue weighted by Crippen LogP contribution is -2.24. The van der Waals surface area contributed by atoms with E-state index in [9.17, 15) is 19.2 Å². The maximum atomic E-state index is 12.5. The van der Waals surface area contributed by atoms with Gasteiger partial charge in [0.15, 0.2) is 5.43 Å². The number of hydrogen-bond donors (Lipinski definition) is 1. The van der Waals surface area contributed by atoms with Gasteiger partial charge < -0.3 is 19.4 Å². The van der Waals surface area contributed by atoms with Gasteiger partial charge in [-0.3, -0.25) is 9.59 Å². The van der Waals surface area contributed by atoms with Crippen LogP contribution in [0.4, 0.5) is 5.69 Å². The number of anilines is 1. The lowest BCUT2D eigenvalue weighted by molar-refractivity contribution is -0.116. The van der Waals surface area contributed by atoms with Crippen LogP contribution in [0.5, 0.6) is 0 Å². The third-order valence-electron chi connectivity index (χ3n) is 3.98. The van der Waals surface area contributed by atoms with Crippen molar-refractivity contribution in [3.63, 3.8) is 0 Å². The fraction of sp³-hybridized carbons (Fsp3) is 0.263. The molecule has 0 spiro atoms. The van der Waals surface area contributed by atoms with Crippen LogP contribution < -0.4 is 10.7 Å². The number of carbonyl (C=O) groups is 3. The number of esters is 2. The highest BCUT2D eigenvalue weighted by molar-refractivity contribution is 6.03. The highest BCUT2D eigenvalue weighted by Crippen LogP contribution is 2.20. The summed E-state index contributed by atoms with van der Waals surface area (Å²) < 4.78 is 11.0. The Hall–Kier alpha value is -3.42. The van der Waals surface area contributed by atoms with Crippen LogP contribution in [0.25, 0.3) is 0 Å². The van der Waals surface area contributed by atoms with Crippen molar-refractivity contribution < 1.29 is 23.9 Å². The predicted octanol–water partition coefficient (Wildman–Crippen LogP) is 1.68. The quantitative estimate of drug-likeness (QED) is 0.801. The summed E-state index contributed by atoms with van der Waals surface area (Å²) in [7, 11) is 2.45. The van der Waals surface area contributed by atoms with E-state index >= 15 is 0 Å². The number of carbonyl (C=O) groups excluding carboxylic acids is 3. The van der Waals surface area contributed by atoms with Crippen LogP contribution in [0.15, 0.2) is 35.1 Å². The summed E-state index contributed by atoms with van der Waals surface area (Å²) in [5.41, 5.74) is 1.54. The fourth-order valence-corrected chi connectivity index (χ4v) is 2.65. The van der Waals surface area contributed by atoms with Crippen LogP contribution in [-0.2, 0) is 20.8 Å². The van der Waals surface area contributed by atoms with E-state index < -0.39 is 17.8 Å². The molecule has 8 nitrogen and oxygen atoms in total. The Bertz CT molecular complexity index is 935. The number of amides is 1. The van der Waals surface area contributed by atoms with E-state index in [1.807, 2.05) is 0 Å². The van der Waals surface area contributed by atoms with Gasteiger partial charge in [-0.25, -0.2) is 9.59 Å². The fourth-order valence-electron chi connectivity index (χ4n) is 2.65. The second-order valence-electron chi connectivity index (χ2n) is 5.85. The van der Waals surface area contributed by atoms with Crippen LogP contribution in [-0.4, -0.2) is 36.6 Å². The monoisotopic (exact) mass is 372 g/mol. The van der Waals surface area contributed by atoms with E-state index in [2.05, 4.69) is 10.1 Å². The number of nitrogens with zero attached hydrogens (tertiary/aromatic N) is 1. The number of aromatic nitrogens is 1. The molecule has 1 aromatic heterocycles. The van der Waals surface area contributed by atoms with Gasteiger partial charge in [0, 0.05) is 23.5 Å². The largest absolute Gasteiger partial charge is 0.465 e. The number of pyridine rings is 1. The lowest BCUT2D eigenvalue weighted by atomic mass is 10.1. The Kier molecular flexibility index (Phi) is 6.12. The molecule has 0 fully saturated rings. The summed E-state index contributed by atoms with van der Waals surface area (Å²) in [6.07, 6.45) is 0. The normalized spacial score (nSPS) is 10.2. The number of hydrogen-bond acceptors (Lipinski definition) is 6. The molecular formula is C19H20N2O6. The zero-order valence-corrected chi connectivity index (χ0v) is 15.5. The molecule has 0 atom stereocenters. The smallest absolute Gasteiger partial charge is 0.339 e. The number of ether oxygens (including phenoxy) is 2. The SMILES string of the molecule is COC(=O)c1ccc(C(=O)OC)c(NC(=O)Cn2c(C)cc(=O)cc2C)c1. The summed E-state index contributed by atoms with van der Waals surface area (Å²) in [4.78, 5) is 47.7. The van der Waals surface area contributed by atoms with E-state index in [4.69, 9.17) is 4.74 Å². The summed E-state index contributed by atoms with van der Waals surface area (Å²) in [6, 6.07) is 6.99. The zero-order chi connectivity index (χ0) is 20.1. The Morgan fingerprint density at radius 2 is 1.56 bits per heavy atom. The third-order valence-corrected chi connectivity index (χ3v) is 3.98. The Morgan fingerprint density at radius 1 is 0.963 bits per heavy atom. The summed E-state index contributed by atoms with van der Waals surface area (Å²) in [5.74, 6) is -1.69. The molecule has 0 aliphatic heterocycles. The molecule has 0 aliphatic rings. The first kappa shape index (κ1) is 19.9. The summed E-state index contributed by atoms with van der Waals surface area (Å²) in [6.45, 7) is 3.37. The Balaban J connectivity index is 2.34. The van der Waals surface area contributed by atoms with Crippen LogP contribution in [0.3, 0.4) is 0 Å².